The Labute approximate surface area is 156 Å². The second-order valence-corrected chi connectivity index (χ2v) is 7.16. The quantitative estimate of drug-likeness (QED) is 0.712. The van der Waals surface area contributed by atoms with Gasteiger partial charge in [-0.05, 0) is 30.5 Å². The summed E-state index contributed by atoms with van der Waals surface area (Å²) in [5.74, 6) is 0.316. The van der Waals surface area contributed by atoms with E-state index in [-0.39, 0.29) is 11.8 Å². The van der Waals surface area contributed by atoms with Crippen molar-refractivity contribution in [2.45, 2.75) is 25.2 Å². The molecule has 3 aromatic rings. The summed E-state index contributed by atoms with van der Waals surface area (Å²) in [6, 6.07) is 7.48. The summed E-state index contributed by atoms with van der Waals surface area (Å²) in [6.07, 6.45) is 5.71. The van der Waals surface area contributed by atoms with E-state index in [0.717, 1.165) is 41.8 Å². The van der Waals surface area contributed by atoms with Crippen LogP contribution in [0.2, 0.25) is 5.02 Å². The summed E-state index contributed by atoms with van der Waals surface area (Å²) >= 11 is 6.03. The third-order valence-corrected chi connectivity index (χ3v) is 5.13. The molecule has 1 atom stereocenters. The van der Waals surface area contributed by atoms with Crippen LogP contribution in [0.1, 0.15) is 30.0 Å². The first-order valence-electron chi connectivity index (χ1n) is 8.77. The molecule has 134 valence electrons. The summed E-state index contributed by atoms with van der Waals surface area (Å²) in [5.41, 5.74) is 3.50. The molecule has 0 bridgehead atoms. The number of hydrogen-bond acceptors (Lipinski definition) is 4. The van der Waals surface area contributed by atoms with Crippen LogP contribution in [0.3, 0.4) is 0 Å². The van der Waals surface area contributed by atoms with Crippen LogP contribution in [0.4, 0.5) is 0 Å². The van der Waals surface area contributed by atoms with Gasteiger partial charge in [-0.2, -0.15) is 5.10 Å². The van der Waals surface area contributed by atoms with E-state index in [2.05, 4.69) is 15.1 Å². The van der Waals surface area contributed by atoms with E-state index in [1.54, 1.807) is 17.1 Å². The predicted molar refractivity (Wildman–Crippen MR) is 100 cm³/mol. The number of aryl methyl sites for hydroxylation is 1. The Balaban J connectivity index is 1.53. The lowest BCUT2D eigenvalue weighted by Crippen LogP contribution is -2.40. The van der Waals surface area contributed by atoms with Gasteiger partial charge in [-0.1, -0.05) is 23.7 Å². The molecule has 3 heterocycles. The van der Waals surface area contributed by atoms with Gasteiger partial charge in [0.05, 0.1) is 12.1 Å². The van der Waals surface area contributed by atoms with Gasteiger partial charge in [-0.25, -0.2) is 14.6 Å². The standard InChI is InChI=1S/C19H20ClN5O/c1-24-19-18(21-7-8-22-19)17(23-24)14-5-3-9-25(12-14)16(26)11-13-4-2-6-15(20)10-13/h2,4,6-8,10,14H,3,5,9,11-12H2,1H3. The highest BCUT2D eigenvalue weighted by Crippen LogP contribution is 2.30. The molecule has 1 fully saturated rings. The highest BCUT2D eigenvalue weighted by Gasteiger charge is 2.28. The first kappa shape index (κ1) is 17.0. The second-order valence-electron chi connectivity index (χ2n) is 6.72. The van der Waals surface area contributed by atoms with Crippen LogP contribution in [0, 0.1) is 0 Å². The van der Waals surface area contributed by atoms with Crippen molar-refractivity contribution < 1.29 is 4.79 Å². The van der Waals surface area contributed by atoms with E-state index in [0.29, 0.717) is 18.0 Å². The molecule has 1 amide bonds. The van der Waals surface area contributed by atoms with E-state index >= 15 is 0 Å². The van der Waals surface area contributed by atoms with E-state index in [1.165, 1.54) is 0 Å². The number of carbonyl (C=O) groups excluding carboxylic acids is 1. The fraction of sp³-hybridized carbons (Fsp3) is 0.368. The van der Waals surface area contributed by atoms with Crippen molar-refractivity contribution in [2.24, 2.45) is 7.05 Å². The molecule has 0 saturated carbocycles. The van der Waals surface area contributed by atoms with Crippen molar-refractivity contribution in [2.75, 3.05) is 13.1 Å². The lowest BCUT2D eigenvalue weighted by atomic mass is 9.94. The molecule has 0 radical (unpaired) electrons. The predicted octanol–water partition coefficient (Wildman–Crippen LogP) is 2.97. The van der Waals surface area contributed by atoms with Crippen molar-refractivity contribution in [3.63, 3.8) is 0 Å². The summed E-state index contributed by atoms with van der Waals surface area (Å²) < 4.78 is 1.77. The lowest BCUT2D eigenvalue weighted by Gasteiger charge is -2.32. The maximum absolute atomic E-state index is 12.8. The molecule has 1 unspecified atom stereocenters. The van der Waals surface area contributed by atoms with E-state index < -0.39 is 0 Å². The summed E-state index contributed by atoms with van der Waals surface area (Å²) in [7, 11) is 1.88. The summed E-state index contributed by atoms with van der Waals surface area (Å²) in [6.45, 7) is 1.45. The smallest absolute Gasteiger partial charge is 0.227 e. The number of rotatable bonds is 3. The van der Waals surface area contributed by atoms with Gasteiger partial charge < -0.3 is 4.90 Å². The number of piperidine rings is 1. The van der Waals surface area contributed by atoms with Gasteiger partial charge in [0.15, 0.2) is 5.65 Å². The first-order valence-corrected chi connectivity index (χ1v) is 9.15. The Morgan fingerprint density at radius 1 is 1.31 bits per heavy atom. The summed E-state index contributed by atoms with van der Waals surface area (Å²) in [4.78, 5) is 23.5. The molecule has 0 spiro atoms. The number of halogens is 1. The summed E-state index contributed by atoms with van der Waals surface area (Å²) in [5, 5.41) is 5.30. The van der Waals surface area contributed by atoms with Gasteiger partial charge >= 0.3 is 0 Å². The Morgan fingerprint density at radius 2 is 2.15 bits per heavy atom. The van der Waals surface area contributed by atoms with Crippen molar-refractivity contribution in [1.29, 1.82) is 0 Å². The zero-order valence-electron chi connectivity index (χ0n) is 14.6. The minimum atomic E-state index is 0.128. The number of benzene rings is 1. The van der Waals surface area contributed by atoms with Gasteiger partial charge in [0, 0.05) is 43.5 Å². The Bertz CT molecular complexity index is 954. The average Bonchev–Trinajstić information content (AvgIpc) is 2.99. The van der Waals surface area contributed by atoms with Gasteiger partial charge in [-0.15, -0.1) is 0 Å². The zero-order valence-corrected chi connectivity index (χ0v) is 15.4. The molecule has 0 N–H and O–H groups in total. The van der Waals surface area contributed by atoms with Crippen molar-refractivity contribution in [3.05, 3.63) is 52.9 Å². The van der Waals surface area contributed by atoms with Crippen LogP contribution >= 0.6 is 11.6 Å². The molecule has 1 aliphatic heterocycles. The molecule has 0 aliphatic carbocycles. The third kappa shape index (κ3) is 3.29. The largest absolute Gasteiger partial charge is 0.342 e. The van der Waals surface area contributed by atoms with Crippen LogP contribution in [-0.2, 0) is 18.3 Å². The van der Waals surface area contributed by atoms with Gasteiger partial charge in [0.2, 0.25) is 5.91 Å². The SMILES string of the molecule is Cn1nc(C2CCCN(C(=O)Cc3cccc(Cl)c3)C2)c2nccnc21. The molecule has 1 aromatic carbocycles. The monoisotopic (exact) mass is 369 g/mol. The van der Waals surface area contributed by atoms with Crippen LogP contribution in [0.15, 0.2) is 36.7 Å². The lowest BCUT2D eigenvalue weighted by molar-refractivity contribution is -0.131. The molecule has 1 aliphatic rings. The Kier molecular flexibility index (Phi) is 4.59. The molecule has 4 rings (SSSR count). The molecular weight excluding hydrogens is 350 g/mol. The number of hydrogen-bond donors (Lipinski definition) is 0. The van der Waals surface area contributed by atoms with Gasteiger partial charge in [0.25, 0.3) is 0 Å². The molecular formula is C19H20ClN5O. The first-order chi connectivity index (χ1) is 12.6. The second kappa shape index (κ2) is 7.03. The molecule has 26 heavy (non-hydrogen) atoms. The van der Waals surface area contributed by atoms with E-state index in [4.69, 9.17) is 11.6 Å². The van der Waals surface area contributed by atoms with Gasteiger partial charge in [0.1, 0.15) is 5.52 Å². The third-order valence-electron chi connectivity index (χ3n) is 4.89. The molecule has 7 heteroatoms. The van der Waals surface area contributed by atoms with E-state index in [9.17, 15) is 4.79 Å². The highest BCUT2D eigenvalue weighted by molar-refractivity contribution is 6.30. The van der Waals surface area contributed by atoms with E-state index in [1.807, 2.05) is 36.2 Å². The van der Waals surface area contributed by atoms with Crippen molar-refractivity contribution in [1.82, 2.24) is 24.6 Å². The maximum Gasteiger partial charge on any atom is 0.227 e. The zero-order chi connectivity index (χ0) is 18.1. The minimum absolute atomic E-state index is 0.128. The maximum atomic E-state index is 12.8. The number of likely N-dealkylation sites (tertiary alicyclic amines) is 1. The van der Waals surface area contributed by atoms with Crippen molar-refractivity contribution in [3.8, 4) is 0 Å². The average molecular weight is 370 g/mol. The molecule has 6 nitrogen and oxygen atoms in total. The number of nitrogens with zero attached hydrogens (tertiary/aromatic N) is 5. The number of fused-ring (bicyclic) bond motifs is 1. The highest BCUT2D eigenvalue weighted by atomic mass is 35.5. The Morgan fingerprint density at radius 3 is 3.00 bits per heavy atom. The normalized spacial score (nSPS) is 17.6. The van der Waals surface area contributed by atoms with Crippen LogP contribution in [-0.4, -0.2) is 43.6 Å². The van der Waals surface area contributed by atoms with Crippen LogP contribution in [0.25, 0.3) is 11.2 Å². The topological polar surface area (TPSA) is 63.9 Å². The van der Waals surface area contributed by atoms with Crippen LogP contribution in [0.5, 0.6) is 0 Å². The number of aromatic nitrogens is 4. The fourth-order valence-corrected chi connectivity index (χ4v) is 3.85. The molecule has 2 aromatic heterocycles. The van der Waals surface area contributed by atoms with Crippen LogP contribution < -0.4 is 0 Å². The molecule has 1 saturated heterocycles. The van der Waals surface area contributed by atoms with Crippen molar-refractivity contribution >= 4 is 28.7 Å². The van der Waals surface area contributed by atoms with Gasteiger partial charge in [-0.3, -0.25) is 4.79 Å². The number of amides is 1. The minimum Gasteiger partial charge on any atom is -0.342 e. The Hall–Kier alpha value is -2.47. The number of carbonyl (C=O) groups is 1. The fourth-order valence-electron chi connectivity index (χ4n) is 3.64.